The quantitative estimate of drug-likeness (QED) is 0.861. The van der Waals surface area contributed by atoms with Crippen molar-refractivity contribution in [1.82, 2.24) is 4.98 Å². The van der Waals surface area contributed by atoms with Crippen molar-refractivity contribution in [2.24, 2.45) is 0 Å². The molecule has 1 fully saturated rings. The molecule has 0 radical (unpaired) electrons. The summed E-state index contributed by atoms with van der Waals surface area (Å²) in [4.78, 5) is 17.3. The third kappa shape index (κ3) is 1.82. The van der Waals surface area contributed by atoms with Crippen molar-refractivity contribution >= 4 is 11.8 Å². The lowest BCUT2D eigenvalue weighted by molar-refractivity contribution is 0.0697. The monoisotopic (exact) mass is 252 g/mol. The molecule has 0 aromatic carbocycles. The van der Waals surface area contributed by atoms with E-state index in [4.69, 9.17) is 4.74 Å². The van der Waals surface area contributed by atoms with Crippen molar-refractivity contribution in [1.29, 1.82) is 0 Å². The number of aromatic nitrogens is 1. The minimum atomic E-state index is -1.03. The van der Waals surface area contributed by atoms with E-state index in [-0.39, 0.29) is 12.1 Å². The number of alkyl halides is 1. The van der Waals surface area contributed by atoms with Crippen molar-refractivity contribution in [3.05, 3.63) is 22.9 Å². The molecule has 1 aromatic heterocycles. The van der Waals surface area contributed by atoms with Crippen LogP contribution in [0.2, 0.25) is 0 Å². The Hall–Kier alpha value is -1.69. The summed E-state index contributed by atoms with van der Waals surface area (Å²) in [6.45, 7) is 1.52. The Labute approximate surface area is 103 Å². The first-order valence-electron chi connectivity index (χ1n) is 5.88. The van der Waals surface area contributed by atoms with Crippen molar-refractivity contribution in [2.45, 2.75) is 25.8 Å². The Morgan fingerprint density at radius 2 is 2.39 bits per heavy atom. The maximum absolute atomic E-state index is 13.2. The molecule has 0 saturated carbocycles. The fourth-order valence-corrected chi connectivity index (χ4v) is 2.40. The standard InChI is InChI=1S/C12H13FN2O3/c13-8-1-2-15(4-8)11-9(12(16)17)3-7-5-18-6-10(7)14-11/h3,8H,1-2,4-6H2,(H,16,17). The molecule has 0 bridgehead atoms. The molecular weight excluding hydrogens is 239 g/mol. The first-order valence-corrected chi connectivity index (χ1v) is 5.88. The largest absolute Gasteiger partial charge is 0.478 e. The van der Waals surface area contributed by atoms with Gasteiger partial charge in [0.15, 0.2) is 0 Å². The number of rotatable bonds is 2. The molecule has 96 valence electrons. The summed E-state index contributed by atoms with van der Waals surface area (Å²) >= 11 is 0. The number of ether oxygens (including phenoxy) is 1. The number of pyridine rings is 1. The Morgan fingerprint density at radius 3 is 3.06 bits per heavy atom. The zero-order valence-electron chi connectivity index (χ0n) is 9.73. The van der Waals surface area contributed by atoms with E-state index in [2.05, 4.69) is 4.98 Å². The molecule has 1 aromatic rings. The molecule has 2 aliphatic rings. The summed E-state index contributed by atoms with van der Waals surface area (Å²) in [5.41, 5.74) is 1.71. The molecule has 0 amide bonds. The summed E-state index contributed by atoms with van der Waals surface area (Å²) in [6.07, 6.45) is -0.480. The lowest BCUT2D eigenvalue weighted by Gasteiger charge is -2.19. The molecule has 0 aliphatic carbocycles. The van der Waals surface area contributed by atoms with Gasteiger partial charge in [0.1, 0.15) is 17.6 Å². The smallest absolute Gasteiger partial charge is 0.339 e. The van der Waals surface area contributed by atoms with E-state index in [0.29, 0.717) is 32.0 Å². The molecule has 1 atom stereocenters. The predicted octanol–water partition coefficient (Wildman–Crippen LogP) is 1.36. The molecule has 6 heteroatoms. The van der Waals surface area contributed by atoms with E-state index in [1.165, 1.54) is 0 Å². The second kappa shape index (κ2) is 4.20. The Kier molecular flexibility index (Phi) is 2.66. The SMILES string of the molecule is O=C(O)c1cc2c(nc1N1CCC(F)C1)COC2. The average Bonchev–Trinajstić information content (AvgIpc) is 2.94. The summed E-state index contributed by atoms with van der Waals surface area (Å²) in [6, 6.07) is 1.60. The average molecular weight is 252 g/mol. The number of aromatic carboxylic acids is 1. The van der Waals surface area contributed by atoms with Gasteiger partial charge in [0.25, 0.3) is 0 Å². The number of carbonyl (C=O) groups is 1. The van der Waals surface area contributed by atoms with Gasteiger partial charge in [0.05, 0.1) is 25.5 Å². The lowest BCUT2D eigenvalue weighted by atomic mass is 10.1. The summed E-state index contributed by atoms with van der Waals surface area (Å²) in [5, 5.41) is 9.22. The minimum absolute atomic E-state index is 0.133. The van der Waals surface area contributed by atoms with Gasteiger partial charge in [-0.05, 0) is 12.5 Å². The molecule has 3 rings (SSSR count). The van der Waals surface area contributed by atoms with Gasteiger partial charge in [0, 0.05) is 12.1 Å². The van der Waals surface area contributed by atoms with E-state index < -0.39 is 12.1 Å². The van der Waals surface area contributed by atoms with E-state index >= 15 is 0 Å². The molecule has 2 aliphatic heterocycles. The molecule has 1 unspecified atom stereocenters. The van der Waals surface area contributed by atoms with Crippen LogP contribution in [0.3, 0.4) is 0 Å². The normalized spacial score (nSPS) is 22.3. The number of fused-ring (bicyclic) bond motifs is 1. The van der Waals surface area contributed by atoms with Crippen LogP contribution >= 0.6 is 0 Å². The van der Waals surface area contributed by atoms with E-state index in [1.807, 2.05) is 0 Å². The molecule has 5 nitrogen and oxygen atoms in total. The number of carboxylic acid groups (broad SMARTS) is 1. The molecule has 18 heavy (non-hydrogen) atoms. The van der Waals surface area contributed by atoms with Gasteiger partial charge in [-0.1, -0.05) is 0 Å². The van der Waals surface area contributed by atoms with Crippen molar-refractivity contribution in [3.63, 3.8) is 0 Å². The molecule has 0 spiro atoms. The molecule has 1 N–H and O–H groups in total. The number of anilines is 1. The van der Waals surface area contributed by atoms with E-state index in [1.54, 1.807) is 11.0 Å². The topological polar surface area (TPSA) is 62.7 Å². The van der Waals surface area contributed by atoms with Crippen LogP contribution in [0.4, 0.5) is 10.2 Å². The Bertz CT molecular complexity index is 506. The van der Waals surface area contributed by atoms with Crippen LogP contribution in [-0.2, 0) is 18.0 Å². The van der Waals surface area contributed by atoms with Gasteiger partial charge < -0.3 is 14.7 Å². The van der Waals surface area contributed by atoms with Crippen LogP contribution in [-0.4, -0.2) is 35.3 Å². The summed E-state index contributed by atoms with van der Waals surface area (Å²) < 4.78 is 18.5. The second-order valence-electron chi connectivity index (χ2n) is 4.60. The number of hydrogen-bond acceptors (Lipinski definition) is 4. The van der Waals surface area contributed by atoms with Gasteiger partial charge in [-0.25, -0.2) is 14.2 Å². The third-order valence-electron chi connectivity index (χ3n) is 3.33. The van der Waals surface area contributed by atoms with Crippen LogP contribution < -0.4 is 4.90 Å². The van der Waals surface area contributed by atoms with Crippen molar-refractivity contribution < 1.29 is 19.0 Å². The van der Waals surface area contributed by atoms with Gasteiger partial charge in [-0.3, -0.25) is 0 Å². The van der Waals surface area contributed by atoms with Crippen LogP contribution in [0.1, 0.15) is 28.0 Å². The van der Waals surface area contributed by atoms with E-state index in [9.17, 15) is 14.3 Å². The number of hydrogen-bond donors (Lipinski definition) is 1. The first kappa shape index (κ1) is 11.4. The van der Waals surface area contributed by atoms with Gasteiger partial charge >= 0.3 is 5.97 Å². The number of nitrogens with zero attached hydrogens (tertiary/aromatic N) is 2. The minimum Gasteiger partial charge on any atom is -0.478 e. The third-order valence-corrected chi connectivity index (χ3v) is 3.33. The Balaban J connectivity index is 2.04. The second-order valence-corrected chi connectivity index (χ2v) is 4.60. The van der Waals surface area contributed by atoms with Gasteiger partial charge in [0.2, 0.25) is 0 Å². The van der Waals surface area contributed by atoms with Crippen molar-refractivity contribution in [2.75, 3.05) is 18.0 Å². The highest BCUT2D eigenvalue weighted by molar-refractivity contribution is 5.93. The lowest BCUT2D eigenvalue weighted by Crippen LogP contribution is -2.24. The van der Waals surface area contributed by atoms with Crippen LogP contribution in [0, 0.1) is 0 Å². The maximum Gasteiger partial charge on any atom is 0.339 e. The zero-order chi connectivity index (χ0) is 12.7. The fourth-order valence-electron chi connectivity index (χ4n) is 2.40. The molecular formula is C12H13FN2O3. The van der Waals surface area contributed by atoms with Gasteiger partial charge in [-0.15, -0.1) is 0 Å². The number of halogens is 1. The predicted molar refractivity (Wildman–Crippen MR) is 61.4 cm³/mol. The molecule has 3 heterocycles. The highest BCUT2D eigenvalue weighted by Crippen LogP contribution is 2.29. The van der Waals surface area contributed by atoms with Crippen LogP contribution in [0.25, 0.3) is 0 Å². The Morgan fingerprint density at radius 1 is 1.56 bits per heavy atom. The van der Waals surface area contributed by atoms with Crippen molar-refractivity contribution in [3.8, 4) is 0 Å². The summed E-state index contributed by atoms with van der Waals surface area (Å²) in [5.74, 6) is -0.665. The number of carboxylic acids is 1. The van der Waals surface area contributed by atoms with Crippen LogP contribution in [0.5, 0.6) is 0 Å². The maximum atomic E-state index is 13.2. The highest BCUT2D eigenvalue weighted by atomic mass is 19.1. The summed E-state index contributed by atoms with van der Waals surface area (Å²) in [7, 11) is 0. The first-order chi connectivity index (χ1) is 8.65. The fraction of sp³-hybridized carbons (Fsp3) is 0.500. The van der Waals surface area contributed by atoms with Gasteiger partial charge in [-0.2, -0.15) is 0 Å². The van der Waals surface area contributed by atoms with E-state index in [0.717, 1.165) is 11.3 Å². The highest BCUT2D eigenvalue weighted by Gasteiger charge is 2.28. The van der Waals surface area contributed by atoms with Crippen LogP contribution in [0.15, 0.2) is 6.07 Å². The molecule has 1 saturated heterocycles. The zero-order valence-corrected chi connectivity index (χ0v) is 9.73.